The third-order valence-corrected chi connectivity index (χ3v) is 2.92. The molecular formula is C15H26N2O4. The fraction of sp³-hybridized carbons (Fsp3) is 0.733. The van der Waals surface area contributed by atoms with Crippen molar-refractivity contribution in [3.8, 4) is 0 Å². The summed E-state index contributed by atoms with van der Waals surface area (Å²) in [4.78, 5) is 16.1. The largest absolute Gasteiger partial charge is 0.445 e. The molecule has 0 fully saturated rings. The van der Waals surface area contributed by atoms with Gasteiger partial charge in [0.1, 0.15) is 5.76 Å². The van der Waals surface area contributed by atoms with Crippen LogP contribution < -0.4 is 5.32 Å². The van der Waals surface area contributed by atoms with Crippen molar-refractivity contribution >= 4 is 5.91 Å². The number of aliphatic hydroxyl groups is 1. The van der Waals surface area contributed by atoms with Gasteiger partial charge in [0.15, 0.2) is 5.89 Å². The average Bonchev–Trinajstić information content (AvgIpc) is 2.77. The van der Waals surface area contributed by atoms with Gasteiger partial charge in [-0.05, 0) is 6.92 Å². The van der Waals surface area contributed by atoms with Crippen molar-refractivity contribution in [2.45, 2.75) is 46.0 Å². The lowest BCUT2D eigenvalue weighted by atomic mass is 9.97. The fourth-order valence-electron chi connectivity index (χ4n) is 1.73. The highest BCUT2D eigenvalue weighted by atomic mass is 16.5. The third kappa shape index (κ3) is 6.27. The summed E-state index contributed by atoms with van der Waals surface area (Å²) in [7, 11) is 0. The second-order valence-corrected chi connectivity index (χ2v) is 5.96. The van der Waals surface area contributed by atoms with Crippen LogP contribution in [-0.4, -0.2) is 42.4 Å². The van der Waals surface area contributed by atoms with Gasteiger partial charge in [0, 0.05) is 24.8 Å². The minimum absolute atomic E-state index is 0.00513. The Hall–Kier alpha value is -1.40. The van der Waals surface area contributed by atoms with E-state index in [1.54, 1.807) is 0 Å². The maximum atomic E-state index is 11.7. The lowest BCUT2D eigenvalue weighted by Gasteiger charge is -2.12. The van der Waals surface area contributed by atoms with E-state index in [9.17, 15) is 4.79 Å². The number of hydrogen-bond donors (Lipinski definition) is 2. The molecule has 0 aromatic carbocycles. The highest BCUT2D eigenvalue weighted by Gasteiger charge is 2.22. The number of rotatable bonds is 8. The van der Waals surface area contributed by atoms with E-state index >= 15 is 0 Å². The van der Waals surface area contributed by atoms with Crippen molar-refractivity contribution in [1.29, 1.82) is 0 Å². The van der Waals surface area contributed by atoms with Crippen molar-refractivity contribution < 1.29 is 19.1 Å². The Morgan fingerprint density at radius 1 is 1.38 bits per heavy atom. The number of aromatic nitrogens is 1. The maximum Gasteiger partial charge on any atom is 0.220 e. The van der Waals surface area contributed by atoms with Gasteiger partial charge in [0.2, 0.25) is 5.91 Å². The first-order valence-corrected chi connectivity index (χ1v) is 7.26. The number of amides is 1. The van der Waals surface area contributed by atoms with E-state index in [1.165, 1.54) is 0 Å². The summed E-state index contributed by atoms with van der Waals surface area (Å²) in [6.45, 7) is 9.17. The highest BCUT2D eigenvalue weighted by Crippen LogP contribution is 2.24. The lowest BCUT2D eigenvalue weighted by molar-refractivity contribution is -0.121. The summed E-state index contributed by atoms with van der Waals surface area (Å²) < 4.78 is 10.8. The van der Waals surface area contributed by atoms with Gasteiger partial charge in [0.05, 0.1) is 25.5 Å². The molecule has 0 aliphatic carbocycles. The van der Waals surface area contributed by atoms with Crippen LogP contribution in [0.25, 0.3) is 0 Å². The predicted molar refractivity (Wildman–Crippen MR) is 79.2 cm³/mol. The number of carbonyl (C=O) groups excluding carboxylic acids is 1. The standard InChI is InChI=1S/C15H26N2O4/c1-11-12(21-14(17-11)15(2,3)4)5-6-13(19)16-7-9-20-10-8-18/h18H,5-10H2,1-4H3,(H,16,19). The number of carbonyl (C=O) groups is 1. The van der Waals surface area contributed by atoms with Crippen LogP contribution >= 0.6 is 0 Å². The Balaban J connectivity index is 2.35. The Kier molecular flexibility index (Phi) is 6.84. The zero-order chi connectivity index (χ0) is 15.9. The van der Waals surface area contributed by atoms with Gasteiger partial charge in [-0.2, -0.15) is 0 Å². The minimum atomic E-state index is -0.130. The topological polar surface area (TPSA) is 84.6 Å². The molecule has 0 spiro atoms. The SMILES string of the molecule is Cc1nc(C(C)(C)C)oc1CCC(=O)NCCOCCO. The van der Waals surface area contributed by atoms with Crippen molar-refractivity contribution in [2.24, 2.45) is 0 Å². The van der Waals surface area contributed by atoms with E-state index in [0.29, 0.717) is 38.5 Å². The summed E-state index contributed by atoms with van der Waals surface area (Å²) in [5.74, 6) is 1.43. The number of nitrogens with one attached hydrogen (secondary N) is 1. The number of oxazole rings is 1. The smallest absolute Gasteiger partial charge is 0.220 e. The van der Waals surface area contributed by atoms with Crippen LogP contribution in [0.3, 0.4) is 0 Å². The molecule has 0 saturated carbocycles. The predicted octanol–water partition coefficient (Wildman–Crippen LogP) is 1.34. The summed E-state index contributed by atoms with van der Waals surface area (Å²) in [5, 5.41) is 11.3. The van der Waals surface area contributed by atoms with E-state index in [0.717, 1.165) is 11.5 Å². The first kappa shape index (κ1) is 17.7. The molecule has 0 unspecified atom stereocenters. The Morgan fingerprint density at radius 2 is 2.10 bits per heavy atom. The monoisotopic (exact) mass is 298 g/mol. The van der Waals surface area contributed by atoms with Gasteiger partial charge in [-0.1, -0.05) is 20.8 Å². The fourth-order valence-corrected chi connectivity index (χ4v) is 1.73. The minimum Gasteiger partial charge on any atom is -0.445 e. The molecule has 0 aliphatic heterocycles. The van der Waals surface area contributed by atoms with Crippen molar-refractivity contribution in [3.63, 3.8) is 0 Å². The van der Waals surface area contributed by atoms with Gasteiger partial charge in [0.25, 0.3) is 0 Å². The second kappa shape index (κ2) is 8.14. The molecule has 6 heteroatoms. The molecule has 1 aromatic heterocycles. The van der Waals surface area contributed by atoms with Crippen LogP contribution in [0.2, 0.25) is 0 Å². The summed E-state index contributed by atoms with van der Waals surface area (Å²) in [6, 6.07) is 0. The molecule has 0 radical (unpaired) electrons. The van der Waals surface area contributed by atoms with Gasteiger partial charge >= 0.3 is 0 Å². The molecule has 1 amide bonds. The number of aliphatic hydroxyl groups excluding tert-OH is 1. The van der Waals surface area contributed by atoms with Gasteiger partial charge in [-0.3, -0.25) is 4.79 Å². The van der Waals surface area contributed by atoms with Crippen molar-refractivity contribution in [3.05, 3.63) is 17.3 Å². The molecule has 0 saturated heterocycles. The molecule has 0 atom stereocenters. The van der Waals surface area contributed by atoms with Crippen molar-refractivity contribution in [1.82, 2.24) is 10.3 Å². The van der Waals surface area contributed by atoms with Gasteiger partial charge in [-0.25, -0.2) is 4.98 Å². The van der Waals surface area contributed by atoms with Gasteiger partial charge in [-0.15, -0.1) is 0 Å². The first-order valence-electron chi connectivity index (χ1n) is 7.26. The van der Waals surface area contributed by atoms with Crippen molar-refractivity contribution in [2.75, 3.05) is 26.4 Å². The quantitative estimate of drug-likeness (QED) is 0.707. The molecule has 2 N–H and O–H groups in total. The number of aryl methyl sites for hydroxylation is 2. The van der Waals surface area contributed by atoms with Crippen LogP contribution in [0.4, 0.5) is 0 Å². The lowest BCUT2D eigenvalue weighted by Crippen LogP contribution is -2.27. The third-order valence-electron chi connectivity index (χ3n) is 2.92. The molecule has 21 heavy (non-hydrogen) atoms. The second-order valence-electron chi connectivity index (χ2n) is 5.96. The van der Waals surface area contributed by atoms with E-state index < -0.39 is 0 Å². The highest BCUT2D eigenvalue weighted by molar-refractivity contribution is 5.76. The molecule has 1 aromatic rings. The number of nitrogens with zero attached hydrogens (tertiary/aromatic N) is 1. The van der Waals surface area contributed by atoms with E-state index in [2.05, 4.69) is 10.3 Å². The molecule has 1 rings (SSSR count). The summed E-state index contributed by atoms with van der Waals surface area (Å²) >= 11 is 0. The maximum absolute atomic E-state index is 11.7. The molecule has 1 heterocycles. The number of hydrogen-bond acceptors (Lipinski definition) is 5. The average molecular weight is 298 g/mol. The first-order chi connectivity index (χ1) is 9.84. The van der Waals surface area contributed by atoms with Crippen LogP contribution in [-0.2, 0) is 21.4 Å². The number of ether oxygens (including phenoxy) is 1. The normalized spacial score (nSPS) is 11.7. The zero-order valence-electron chi connectivity index (χ0n) is 13.4. The van der Waals surface area contributed by atoms with E-state index in [4.69, 9.17) is 14.3 Å². The summed E-state index contributed by atoms with van der Waals surface area (Å²) in [6.07, 6.45) is 0.901. The van der Waals surface area contributed by atoms with Crippen LogP contribution in [0.5, 0.6) is 0 Å². The molecule has 120 valence electrons. The zero-order valence-corrected chi connectivity index (χ0v) is 13.4. The van der Waals surface area contributed by atoms with Crippen LogP contribution in [0, 0.1) is 6.92 Å². The van der Waals surface area contributed by atoms with Gasteiger partial charge < -0.3 is 19.6 Å². The Morgan fingerprint density at radius 3 is 2.67 bits per heavy atom. The Labute approximate surface area is 125 Å². The summed E-state index contributed by atoms with van der Waals surface area (Å²) in [5.41, 5.74) is 0.717. The Bertz CT molecular complexity index is 449. The van der Waals surface area contributed by atoms with Crippen LogP contribution in [0.1, 0.15) is 44.5 Å². The van der Waals surface area contributed by atoms with Crippen LogP contribution in [0.15, 0.2) is 4.42 Å². The molecule has 0 bridgehead atoms. The molecular weight excluding hydrogens is 272 g/mol. The van der Waals surface area contributed by atoms with E-state index in [-0.39, 0.29) is 17.9 Å². The van der Waals surface area contributed by atoms with E-state index in [1.807, 2.05) is 27.7 Å². The molecule has 6 nitrogen and oxygen atoms in total. The molecule has 0 aliphatic rings.